The Labute approximate surface area is 61.4 Å². The molecule has 0 saturated heterocycles. The molecular weight excluding hydrogens is 154 g/mol. The van der Waals surface area contributed by atoms with Crippen molar-refractivity contribution < 1.29 is 18.3 Å². The van der Waals surface area contributed by atoms with Gasteiger partial charge in [-0.05, 0) is 12.1 Å². The second kappa shape index (κ2) is 3.09. The molecule has 1 aromatic rings. The van der Waals surface area contributed by atoms with Gasteiger partial charge in [0.05, 0.1) is 0 Å². The Hall–Kier alpha value is -1.45. The van der Waals surface area contributed by atoms with Gasteiger partial charge >= 0.3 is 6.47 Å². The molecule has 0 atom stereocenters. The van der Waals surface area contributed by atoms with Crippen molar-refractivity contribution in [3.05, 3.63) is 29.8 Å². The van der Waals surface area contributed by atoms with E-state index < -0.39 is 11.6 Å². The molecule has 0 saturated carbocycles. The van der Waals surface area contributed by atoms with Crippen LogP contribution in [0.5, 0.6) is 5.75 Å². The number of halogens is 2. The highest BCUT2D eigenvalue weighted by molar-refractivity contribution is 5.45. The predicted molar refractivity (Wildman–Crippen MR) is 32.7 cm³/mol. The van der Waals surface area contributed by atoms with Crippen LogP contribution >= 0.6 is 0 Å². The van der Waals surface area contributed by atoms with Crippen LogP contribution in [0.3, 0.4) is 0 Å². The first kappa shape index (κ1) is 7.65. The van der Waals surface area contributed by atoms with Crippen molar-refractivity contribution in [3.63, 3.8) is 0 Å². The molecule has 1 rings (SSSR count). The molecule has 57 valence electrons. The average Bonchev–Trinajstić information content (AvgIpc) is 1.98. The molecule has 2 nitrogen and oxygen atoms in total. The van der Waals surface area contributed by atoms with Crippen molar-refractivity contribution in [3.8, 4) is 5.75 Å². The van der Waals surface area contributed by atoms with Gasteiger partial charge in [0, 0.05) is 6.07 Å². The van der Waals surface area contributed by atoms with Gasteiger partial charge in [-0.1, -0.05) is 0 Å². The number of benzene rings is 1. The molecule has 11 heavy (non-hydrogen) atoms. The summed E-state index contributed by atoms with van der Waals surface area (Å²) in [6.07, 6.45) is 0. The molecule has 0 spiro atoms. The van der Waals surface area contributed by atoms with Gasteiger partial charge in [-0.3, -0.25) is 0 Å². The largest absolute Gasteiger partial charge is 0.423 e. The Kier molecular flexibility index (Phi) is 2.15. The molecule has 0 N–H and O–H groups in total. The maximum atomic E-state index is 12.3. The standard InChI is InChI=1S/C7H3F2O2/c8-6-2-1-5(11-4-10)3-7(6)9/h1-3H. The van der Waals surface area contributed by atoms with E-state index in [2.05, 4.69) is 4.74 Å². The first-order valence-corrected chi connectivity index (χ1v) is 2.73. The monoisotopic (exact) mass is 157 g/mol. The molecule has 0 aliphatic heterocycles. The molecule has 1 radical (unpaired) electrons. The number of hydrogen-bond acceptors (Lipinski definition) is 2. The quantitative estimate of drug-likeness (QED) is 0.648. The number of ether oxygens (including phenoxy) is 1. The highest BCUT2D eigenvalue weighted by Crippen LogP contribution is 2.14. The summed E-state index contributed by atoms with van der Waals surface area (Å²) in [5.74, 6) is -2.11. The van der Waals surface area contributed by atoms with Crippen LogP contribution in [0.4, 0.5) is 8.78 Å². The number of rotatable bonds is 2. The van der Waals surface area contributed by atoms with Gasteiger partial charge < -0.3 is 4.74 Å². The van der Waals surface area contributed by atoms with Crippen molar-refractivity contribution in [1.82, 2.24) is 0 Å². The van der Waals surface area contributed by atoms with E-state index >= 15 is 0 Å². The highest BCUT2D eigenvalue weighted by atomic mass is 19.2. The molecule has 0 aliphatic carbocycles. The zero-order valence-electron chi connectivity index (χ0n) is 5.30. The number of hydrogen-bond donors (Lipinski definition) is 0. The Morgan fingerprint density at radius 1 is 1.27 bits per heavy atom. The minimum atomic E-state index is -1.06. The van der Waals surface area contributed by atoms with E-state index in [-0.39, 0.29) is 5.75 Å². The van der Waals surface area contributed by atoms with Gasteiger partial charge in [0.2, 0.25) is 0 Å². The van der Waals surface area contributed by atoms with Crippen LogP contribution in [0.2, 0.25) is 0 Å². The van der Waals surface area contributed by atoms with Gasteiger partial charge in [0.15, 0.2) is 11.6 Å². The Bertz CT molecular complexity index is 273. The van der Waals surface area contributed by atoms with Crippen molar-refractivity contribution >= 4 is 6.47 Å². The highest BCUT2D eigenvalue weighted by Gasteiger charge is 2.02. The van der Waals surface area contributed by atoms with Crippen molar-refractivity contribution in [2.75, 3.05) is 0 Å². The lowest BCUT2D eigenvalue weighted by atomic mass is 10.3. The fourth-order valence-electron chi connectivity index (χ4n) is 0.588. The summed E-state index contributed by atoms with van der Waals surface area (Å²) < 4.78 is 28.7. The molecule has 0 aliphatic rings. The molecule has 0 bridgehead atoms. The second-order valence-corrected chi connectivity index (χ2v) is 1.76. The van der Waals surface area contributed by atoms with E-state index in [4.69, 9.17) is 0 Å². The molecule has 1 aromatic carbocycles. The van der Waals surface area contributed by atoms with E-state index in [1.165, 1.54) is 0 Å². The zero-order valence-corrected chi connectivity index (χ0v) is 5.30. The van der Waals surface area contributed by atoms with Crippen LogP contribution < -0.4 is 4.74 Å². The van der Waals surface area contributed by atoms with E-state index in [1.54, 1.807) is 0 Å². The third-order valence-corrected chi connectivity index (χ3v) is 1.05. The van der Waals surface area contributed by atoms with Crippen molar-refractivity contribution in [2.45, 2.75) is 0 Å². The molecule has 0 unspecified atom stereocenters. The molecule has 0 heterocycles. The minimum absolute atomic E-state index is 0.0705. The molecule has 0 amide bonds. The second-order valence-electron chi connectivity index (χ2n) is 1.76. The third kappa shape index (κ3) is 1.73. The Balaban J connectivity index is 2.95. The van der Waals surface area contributed by atoms with Crippen molar-refractivity contribution in [1.29, 1.82) is 0 Å². The van der Waals surface area contributed by atoms with Crippen LogP contribution in [0.25, 0.3) is 0 Å². The lowest BCUT2D eigenvalue weighted by Gasteiger charge is -1.95. The van der Waals surface area contributed by atoms with Crippen LogP contribution in [-0.2, 0) is 4.79 Å². The minimum Gasteiger partial charge on any atom is -0.418 e. The first-order valence-electron chi connectivity index (χ1n) is 2.73. The SMILES string of the molecule is O=[C]Oc1ccc(F)c(F)c1. The summed E-state index contributed by atoms with van der Waals surface area (Å²) in [4.78, 5) is 9.61. The first-order chi connectivity index (χ1) is 5.24. The summed E-state index contributed by atoms with van der Waals surface area (Å²) in [7, 11) is 0. The van der Waals surface area contributed by atoms with Gasteiger partial charge in [0.1, 0.15) is 5.75 Å². The maximum absolute atomic E-state index is 12.3. The Morgan fingerprint density at radius 2 is 2.00 bits per heavy atom. The van der Waals surface area contributed by atoms with E-state index in [9.17, 15) is 13.6 Å². The third-order valence-electron chi connectivity index (χ3n) is 1.05. The average molecular weight is 157 g/mol. The van der Waals surface area contributed by atoms with Crippen LogP contribution in [-0.4, -0.2) is 6.47 Å². The van der Waals surface area contributed by atoms with Crippen LogP contribution in [0, 0.1) is 11.6 Å². The van der Waals surface area contributed by atoms with Crippen LogP contribution in [0.1, 0.15) is 0 Å². The smallest absolute Gasteiger partial charge is 0.418 e. The van der Waals surface area contributed by atoms with E-state index in [1.807, 2.05) is 0 Å². The van der Waals surface area contributed by atoms with E-state index in [0.29, 0.717) is 0 Å². The fourth-order valence-corrected chi connectivity index (χ4v) is 0.588. The predicted octanol–water partition coefficient (Wildman–Crippen LogP) is 1.41. The lowest BCUT2D eigenvalue weighted by Crippen LogP contribution is -1.90. The normalized spacial score (nSPS) is 9.27. The molecule has 0 aromatic heterocycles. The lowest BCUT2D eigenvalue weighted by molar-refractivity contribution is 0.436. The summed E-state index contributed by atoms with van der Waals surface area (Å²) >= 11 is 0. The van der Waals surface area contributed by atoms with Crippen molar-refractivity contribution in [2.24, 2.45) is 0 Å². The van der Waals surface area contributed by atoms with Gasteiger partial charge in [-0.2, -0.15) is 0 Å². The van der Waals surface area contributed by atoms with E-state index in [0.717, 1.165) is 24.7 Å². The molecular formula is C7H3F2O2. The maximum Gasteiger partial charge on any atom is 0.423 e. The van der Waals surface area contributed by atoms with Gasteiger partial charge in [-0.25, -0.2) is 13.6 Å². The van der Waals surface area contributed by atoms with Gasteiger partial charge in [-0.15, -0.1) is 0 Å². The summed E-state index contributed by atoms with van der Waals surface area (Å²) in [5, 5.41) is 0. The topological polar surface area (TPSA) is 26.3 Å². The summed E-state index contributed by atoms with van der Waals surface area (Å²) in [5.41, 5.74) is 0. The fraction of sp³-hybridized carbons (Fsp3) is 0. The number of carbonyl (C=O) groups excluding carboxylic acids is 1. The molecule has 0 fully saturated rings. The van der Waals surface area contributed by atoms with Crippen LogP contribution in [0.15, 0.2) is 18.2 Å². The molecule has 4 heteroatoms. The zero-order chi connectivity index (χ0) is 8.27. The Morgan fingerprint density at radius 3 is 2.55 bits per heavy atom. The summed E-state index contributed by atoms with van der Waals surface area (Å²) in [6.45, 7) is 1.09. The van der Waals surface area contributed by atoms with Gasteiger partial charge in [0.25, 0.3) is 0 Å². The summed E-state index contributed by atoms with van der Waals surface area (Å²) in [6, 6.07) is 2.76.